The van der Waals surface area contributed by atoms with E-state index in [0.717, 1.165) is 49.6 Å². The number of benzene rings is 1. The monoisotopic (exact) mass is 321 g/mol. The first kappa shape index (κ1) is 16.4. The Bertz CT molecular complexity index is 711. The number of aryl methyl sites for hydroxylation is 1. The van der Waals surface area contributed by atoms with Crippen molar-refractivity contribution in [1.82, 2.24) is 14.9 Å². The molecule has 0 saturated carbocycles. The van der Waals surface area contributed by atoms with E-state index in [1.807, 2.05) is 37.5 Å². The molecule has 0 unspecified atom stereocenters. The van der Waals surface area contributed by atoms with E-state index in [1.165, 1.54) is 5.56 Å². The van der Waals surface area contributed by atoms with Gasteiger partial charge in [-0.15, -0.1) is 0 Å². The van der Waals surface area contributed by atoms with Crippen LogP contribution in [0.15, 0.2) is 36.7 Å². The Kier molecular flexibility index (Phi) is 5.07. The van der Waals surface area contributed by atoms with Crippen molar-refractivity contribution in [2.24, 2.45) is 0 Å². The van der Waals surface area contributed by atoms with Gasteiger partial charge in [-0.05, 0) is 43.0 Å². The molecule has 0 bridgehead atoms. The number of hydrogen-bond donors (Lipinski definition) is 0. The van der Waals surface area contributed by atoms with Crippen molar-refractivity contribution in [1.29, 1.82) is 5.26 Å². The zero-order valence-corrected chi connectivity index (χ0v) is 14.3. The summed E-state index contributed by atoms with van der Waals surface area (Å²) in [6.07, 6.45) is 5.95. The third kappa shape index (κ3) is 3.90. The van der Waals surface area contributed by atoms with Gasteiger partial charge in [-0.25, -0.2) is 9.97 Å². The van der Waals surface area contributed by atoms with E-state index in [9.17, 15) is 0 Å². The molecule has 24 heavy (non-hydrogen) atoms. The molecule has 0 aliphatic carbocycles. The highest BCUT2D eigenvalue weighted by atomic mass is 15.3. The number of rotatable bonds is 4. The van der Waals surface area contributed by atoms with Crippen LogP contribution in [-0.4, -0.2) is 41.0 Å². The van der Waals surface area contributed by atoms with Crippen LogP contribution in [0, 0.1) is 18.3 Å². The number of nitrogens with zero attached hydrogens (tertiary/aromatic N) is 5. The smallest absolute Gasteiger partial charge is 0.225 e. The van der Waals surface area contributed by atoms with Crippen LogP contribution in [0.2, 0.25) is 0 Å². The summed E-state index contributed by atoms with van der Waals surface area (Å²) in [6, 6.07) is 10.6. The van der Waals surface area contributed by atoms with E-state index < -0.39 is 0 Å². The van der Waals surface area contributed by atoms with Gasteiger partial charge in [0, 0.05) is 45.1 Å². The highest BCUT2D eigenvalue weighted by molar-refractivity contribution is 5.33. The fraction of sp³-hybridized carbons (Fsp3) is 0.421. The lowest BCUT2D eigenvalue weighted by molar-refractivity contribution is 0.203. The van der Waals surface area contributed by atoms with Gasteiger partial charge in [0.15, 0.2) is 0 Å². The molecule has 5 nitrogen and oxygen atoms in total. The summed E-state index contributed by atoms with van der Waals surface area (Å²) in [7, 11) is 2.08. The van der Waals surface area contributed by atoms with Gasteiger partial charge in [0.05, 0.1) is 11.6 Å². The first-order valence-electron chi connectivity index (χ1n) is 8.38. The predicted molar refractivity (Wildman–Crippen MR) is 94.6 cm³/mol. The Hall–Kier alpha value is -2.45. The molecule has 1 aromatic carbocycles. The van der Waals surface area contributed by atoms with Crippen LogP contribution in [0.4, 0.5) is 5.95 Å². The van der Waals surface area contributed by atoms with Crippen LogP contribution in [0.5, 0.6) is 0 Å². The molecule has 0 N–H and O–H groups in total. The van der Waals surface area contributed by atoms with Crippen molar-refractivity contribution < 1.29 is 0 Å². The first-order chi connectivity index (χ1) is 11.7. The lowest BCUT2D eigenvalue weighted by atomic mass is 10.0. The van der Waals surface area contributed by atoms with Crippen molar-refractivity contribution in [2.45, 2.75) is 32.4 Å². The van der Waals surface area contributed by atoms with Gasteiger partial charge >= 0.3 is 0 Å². The molecular weight excluding hydrogens is 298 g/mol. The van der Waals surface area contributed by atoms with Gasteiger partial charge in [0.2, 0.25) is 5.95 Å². The second-order valence-corrected chi connectivity index (χ2v) is 6.49. The summed E-state index contributed by atoms with van der Waals surface area (Å²) in [5, 5.41) is 9.01. The zero-order chi connectivity index (χ0) is 16.9. The topological polar surface area (TPSA) is 56.1 Å². The maximum Gasteiger partial charge on any atom is 0.225 e. The Morgan fingerprint density at radius 1 is 1.25 bits per heavy atom. The van der Waals surface area contributed by atoms with Crippen LogP contribution in [0.25, 0.3) is 0 Å². The van der Waals surface area contributed by atoms with E-state index in [0.29, 0.717) is 6.04 Å². The Morgan fingerprint density at radius 2 is 1.96 bits per heavy atom. The Morgan fingerprint density at radius 3 is 2.62 bits per heavy atom. The Balaban J connectivity index is 1.55. The maximum atomic E-state index is 9.01. The van der Waals surface area contributed by atoms with Crippen LogP contribution < -0.4 is 4.90 Å². The molecule has 5 heteroatoms. The Labute approximate surface area is 143 Å². The standard InChI is InChI=1S/C19H23N5/c1-15-12-21-19(22-13-15)23(2)18-6-8-24(9-7-18)14-17-5-3-4-16(10-17)11-20/h3-5,10,12-13,18H,6-9,14H2,1-2H3. The minimum atomic E-state index is 0.481. The first-order valence-corrected chi connectivity index (χ1v) is 8.38. The molecule has 1 aromatic heterocycles. The van der Waals surface area contributed by atoms with Crippen LogP contribution in [0.1, 0.15) is 29.5 Å². The lowest BCUT2D eigenvalue weighted by Crippen LogP contribution is -2.43. The minimum absolute atomic E-state index is 0.481. The summed E-state index contributed by atoms with van der Waals surface area (Å²) < 4.78 is 0. The normalized spacial score (nSPS) is 15.9. The van der Waals surface area contributed by atoms with E-state index in [1.54, 1.807) is 0 Å². The molecule has 1 fully saturated rings. The van der Waals surface area contributed by atoms with Gasteiger partial charge in [-0.3, -0.25) is 4.90 Å². The molecule has 1 aliphatic rings. The van der Waals surface area contributed by atoms with E-state index in [2.05, 4.69) is 39.0 Å². The molecule has 2 aromatic rings. The molecule has 0 radical (unpaired) electrons. The van der Waals surface area contributed by atoms with E-state index in [4.69, 9.17) is 5.26 Å². The fourth-order valence-corrected chi connectivity index (χ4v) is 3.19. The van der Waals surface area contributed by atoms with Gasteiger partial charge in [-0.1, -0.05) is 12.1 Å². The van der Waals surface area contributed by atoms with Crippen LogP contribution >= 0.6 is 0 Å². The second-order valence-electron chi connectivity index (χ2n) is 6.49. The molecule has 0 spiro atoms. The van der Waals surface area contributed by atoms with Gasteiger partial charge in [-0.2, -0.15) is 5.26 Å². The number of hydrogen-bond acceptors (Lipinski definition) is 5. The van der Waals surface area contributed by atoms with Gasteiger partial charge < -0.3 is 4.90 Å². The minimum Gasteiger partial charge on any atom is -0.341 e. The quantitative estimate of drug-likeness (QED) is 0.866. The molecule has 124 valence electrons. The number of piperidine rings is 1. The van der Waals surface area contributed by atoms with Crippen molar-refractivity contribution in [2.75, 3.05) is 25.0 Å². The van der Waals surface area contributed by atoms with Crippen LogP contribution in [-0.2, 0) is 6.54 Å². The fourth-order valence-electron chi connectivity index (χ4n) is 3.19. The summed E-state index contributed by atoms with van der Waals surface area (Å²) in [5.41, 5.74) is 3.03. The third-order valence-corrected chi connectivity index (χ3v) is 4.65. The molecule has 3 rings (SSSR count). The largest absolute Gasteiger partial charge is 0.341 e. The molecule has 0 amide bonds. The number of aromatic nitrogens is 2. The third-order valence-electron chi connectivity index (χ3n) is 4.65. The molecule has 0 atom stereocenters. The number of anilines is 1. The summed E-state index contributed by atoms with van der Waals surface area (Å²) in [6.45, 7) is 5.02. The van der Waals surface area contributed by atoms with Gasteiger partial charge in [0.25, 0.3) is 0 Å². The van der Waals surface area contributed by atoms with Gasteiger partial charge in [0.1, 0.15) is 0 Å². The molecular formula is C19H23N5. The second kappa shape index (κ2) is 7.41. The SMILES string of the molecule is Cc1cnc(N(C)C2CCN(Cc3cccc(C#N)c3)CC2)nc1. The summed E-state index contributed by atoms with van der Waals surface area (Å²) in [5.74, 6) is 0.806. The van der Waals surface area contributed by atoms with Crippen LogP contribution in [0.3, 0.4) is 0 Å². The highest BCUT2D eigenvalue weighted by Crippen LogP contribution is 2.20. The van der Waals surface area contributed by atoms with Crippen molar-refractivity contribution >= 4 is 5.95 Å². The number of likely N-dealkylation sites (tertiary alicyclic amines) is 1. The van der Waals surface area contributed by atoms with E-state index >= 15 is 0 Å². The predicted octanol–water partition coefficient (Wildman–Crippen LogP) is 2.76. The van der Waals surface area contributed by atoms with Crippen molar-refractivity contribution in [3.8, 4) is 6.07 Å². The molecule has 1 saturated heterocycles. The molecule has 1 aliphatic heterocycles. The summed E-state index contributed by atoms with van der Waals surface area (Å²) in [4.78, 5) is 13.5. The van der Waals surface area contributed by atoms with Crippen molar-refractivity contribution in [3.05, 3.63) is 53.3 Å². The maximum absolute atomic E-state index is 9.01. The number of nitriles is 1. The molecule has 2 heterocycles. The lowest BCUT2D eigenvalue weighted by Gasteiger charge is -2.36. The van der Waals surface area contributed by atoms with E-state index in [-0.39, 0.29) is 0 Å². The summed E-state index contributed by atoms with van der Waals surface area (Å²) >= 11 is 0. The highest BCUT2D eigenvalue weighted by Gasteiger charge is 2.23. The average molecular weight is 321 g/mol. The average Bonchev–Trinajstić information content (AvgIpc) is 2.62. The zero-order valence-electron chi connectivity index (χ0n) is 14.3. The van der Waals surface area contributed by atoms with Crippen molar-refractivity contribution in [3.63, 3.8) is 0 Å².